The maximum absolute atomic E-state index is 16.5. The van der Waals surface area contributed by atoms with Crippen molar-refractivity contribution in [3.8, 4) is 35.4 Å². The fraction of sp³-hybridized carbons (Fsp3) is 0.406. The predicted octanol–water partition coefficient (Wildman–Crippen LogP) is 5.86. The van der Waals surface area contributed by atoms with Crippen LogP contribution in [0.2, 0.25) is 0 Å². The quantitative estimate of drug-likeness (QED) is 0.208. The molecule has 12 heteroatoms. The standard InChI is InChI=1S/C32H28F5N5O2/c1-3-21-24(34)5-4-18-10-20(43)11-22(25(18)21)27-26(35)28-23(29(39-27)42-9-6-17(42)2)12-38-30(40-28)44-16-31(14-32(31,36)37)15-41-8-7-19(33)13-41/h1,4-5,10-12,17,19,43H,6-9,13-16H2,2H3/t17-,19+,31+/m0/s1. The Morgan fingerprint density at radius 3 is 2.59 bits per heavy atom. The van der Waals surface area contributed by atoms with E-state index in [-0.39, 0.29) is 64.0 Å². The second-order valence-corrected chi connectivity index (χ2v) is 12.1. The van der Waals surface area contributed by atoms with Crippen molar-refractivity contribution in [2.24, 2.45) is 5.41 Å². The number of likely N-dealkylation sites (tertiary alicyclic amines) is 1. The number of alkyl halides is 3. The molecule has 0 unspecified atom stereocenters. The maximum Gasteiger partial charge on any atom is 0.317 e. The minimum Gasteiger partial charge on any atom is -0.508 e. The molecule has 0 spiro atoms. The molecule has 2 aromatic heterocycles. The van der Waals surface area contributed by atoms with Crippen molar-refractivity contribution in [3.05, 3.63) is 47.7 Å². The third kappa shape index (κ3) is 4.56. The number of phenolic OH excluding ortho intramolecular Hbond substituents is 1. The fourth-order valence-corrected chi connectivity index (χ4v) is 6.39. The van der Waals surface area contributed by atoms with E-state index >= 15 is 4.39 Å². The summed E-state index contributed by atoms with van der Waals surface area (Å²) < 4.78 is 79.8. The van der Waals surface area contributed by atoms with E-state index in [0.717, 1.165) is 6.42 Å². The summed E-state index contributed by atoms with van der Waals surface area (Å²) in [6.45, 7) is 2.62. The van der Waals surface area contributed by atoms with Crippen LogP contribution in [0.3, 0.4) is 0 Å². The molecule has 7 rings (SSSR count). The van der Waals surface area contributed by atoms with Gasteiger partial charge in [0.2, 0.25) is 0 Å². The van der Waals surface area contributed by atoms with Gasteiger partial charge >= 0.3 is 6.01 Å². The number of hydrogen-bond acceptors (Lipinski definition) is 7. The van der Waals surface area contributed by atoms with Crippen LogP contribution in [0.25, 0.3) is 32.9 Å². The number of fused-ring (bicyclic) bond motifs is 2. The van der Waals surface area contributed by atoms with Crippen LogP contribution in [0.1, 0.15) is 31.7 Å². The summed E-state index contributed by atoms with van der Waals surface area (Å²) in [4.78, 5) is 16.8. The van der Waals surface area contributed by atoms with Crippen molar-refractivity contribution in [2.75, 3.05) is 37.7 Å². The highest BCUT2D eigenvalue weighted by Gasteiger charge is 2.72. The van der Waals surface area contributed by atoms with Gasteiger partial charge in [-0.15, -0.1) is 6.42 Å². The van der Waals surface area contributed by atoms with Crippen LogP contribution >= 0.6 is 0 Å². The third-order valence-electron chi connectivity index (χ3n) is 9.11. The summed E-state index contributed by atoms with van der Waals surface area (Å²) in [5, 5.41) is 11.4. The first-order valence-electron chi connectivity index (χ1n) is 14.4. The van der Waals surface area contributed by atoms with Crippen LogP contribution in [-0.2, 0) is 0 Å². The number of terminal acetylenes is 1. The van der Waals surface area contributed by atoms with Crippen LogP contribution in [0.15, 0.2) is 30.5 Å². The van der Waals surface area contributed by atoms with E-state index in [0.29, 0.717) is 30.7 Å². The normalized spacial score (nSPS) is 24.4. The van der Waals surface area contributed by atoms with Crippen LogP contribution in [0, 0.1) is 29.4 Å². The second-order valence-electron chi connectivity index (χ2n) is 12.1. The topological polar surface area (TPSA) is 74.6 Å². The fourth-order valence-electron chi connectivity index (χ4n) is 6.39. The first kappa shape index (κ1) is 28.5. The van der Waals surface area contributed by atoms with Crippen molar-refractivity contribution in [1.82, 2.24) is 19.9 Å². The number of nitrogens with zero attached hydrogens (tertiary/aromatic N) is 5. The van der Waals surface area contributed by atoms with Gasteiger partial charge in [-0.2, -0.15) is 4.98 Å². The molecular formula is C32H28F5N5O2. The Hall–Kier alpha value is -4.24. The molecule has 3 atom stereocenters. The number of halogens is 5. The highest BCUT2D eigenvalue weighted by Crippen LogP contribution is 2.61. The molecule has 4 aromatic rings. The van der Waals surface area contributed by atoms with Gasteiger partial charge in [-0.25, -0.2) is 31.9 Å². The summed E-state index contributed by atoms with van der Waals surface area (Å²) in [7, 11) is 0. The van der Waals surface area contributed by atoms with Gasteiger partial charge in [0.05, 0.1) is 16.4 Å². The predicted molar refractivity (Wildman–Crippen MR) is 155 cm³/mol. The Bertz CT molecular complexity index is 1860. The van der Waals surface area contributed by atoms with Crippen LogP contribution in [-0.4, -0.2) is 75.9 Å². The van der Waals surface area contributed by atoms with E-state index < -0.39 is 42.2 Å². The van der Waals surface area contributed by atoms with Gasteiger partial charge in [-0.3, -0.25) is 4.90 Å². The molecule has 4 heterocycles. The number of pyridine rings is 1. The molecule has 3 fully saturated rings. The van der Waals surface area contributed by atoms with Crippen LogP contribution in [0.5, 0.6) is 11.8 Å². The highest BCUT2D eigenvalue weighted by molar-refractivity contribution is 6.03. The number of phenols is 1. The Morgan fingerprint density at radius 2 is 1.95 bits per heavy atom. The van der Waals surface area contributed by atoms with Crippen molar-refractivity contribution in [1.29, 1.82) is 0 Å². The van der Waals surface area contributed by atoms with Crippen molar-refractivity contribution < 1.29 is 31.8 Å². The zero-order valence-electron chi connectivity index (χ0n) is 23.8. The first-order valence-corrected chi connectivity index (χ1v) is 14.4. The molecule has 0 amide bonds. The number of hydrogen-bond donors (Lipinski definition) is 1. The third-order valence-corrected chi connectivity index (χ3v) is 9.11. The number of aromatic hydroxyl groups is 1. The second kappa shape index (κ2) is 10.2. The molecule has 1 N–H and O–H groups in total. The lowest BCUT2D eigenvalue weighted by molar-refractivity contribution is 0.0246. The smallest absolute Gasteiger partial charge is 0.317 e. The van der Waals surface area contributed by atoms with Crippen molar-refractivity contribution in [2.45, 2.75) is 44.3 Å². The van der Waals surface area contributed by atoms with Gasteiger partial charge in [0.25, 0.3) is 5.92 Å². The van der Waals surface area contributed by atoms with Crippen LogP contribution in [0.4, 0.5) is 27.8 Å². The van der Waals surface area contributed by atoms with Gasteiger partial charge in [-0.1, -0.05) is 12.0 Å². The van der Waals surface area contributed by atoms with E-state index in [9.17, 15) is 22.7 Å². The average molecular weight is 610 g/mol. The molecule has 228 valence electrons. The van der Waals surface area contributed by atoms with E-state index in [4.69, 9.17) is 11.2 Å². The highest BCUT2D eigenvalue weighted by atomic mass is 19.3. The van der Waals surface area contributed by atoms with Gasteiger partial charge in [0, 0.05) is 55.8 Å². The number of ether oxygens (including phenoxy) is 1. The van der Waals surface area contributed by atoms with Gasteiger partial charge in [-0.05, 0) is 43.4 Å². The lowest BCUT2D eigenvalue weighted by Crippen LogP contribution is -2.46. The van der Waals surface area contributed by atoms with E-state index in [1.807, 2.05) is 11.8 Å². The zero-order valence-corrected chi connectivity index (χ0v) is 23.8. The van der Waals surface area contributed by atoms with Gasteiger partial charge < -0.3 is 14.7 Å². The van der Waals surface area contributed by atoms with E-state index in [1.165, 1.54) is 30.5 Å². The molecule has 44 heavy (non-hydrogen) atoms. The zero-order chi connectivity index (χ0) is 31.0. The Kier molecular flexibility index (Phi) is 6.59. The molecule has 1 saturated carbocycles. The van der Waals surface area contributed by atoms with Crippen molar-refractivity contribution >= 4 is 27.5 Å². The summed E-state index contributed by atoms with van der Waals surface area (Å²) in [5.41, 5.74) is -1.97. The van der Waals surface area contributed by atoms with E-state index in [2.05, 4.69) is 20.9 Å². The summed E-state index contributed by atoms with van der Waals surface area (Å²) in [5.74, 6) is -2.10. The maximum atomic E-state index is 16.5. The van der Waals surface area contributed by atoms with Crippen LogP contribution < -0.4 is 9.64 Å². The minimum absolute atomic E-state index is 0.0356. The molecule has 0 bridgehead atoms. The van der Waals surface area contributed by atoms with Gasteiger partial charge in [0.1, 0.15) is 41.4 Å². The molecule has 1 aliphatic carbocycles. The molecule has 2 saturated heterocycles. The number of rotatable bonds is 7. The Balaban J connectivity index is 1.33. The summed E-state index contributed by atoms with van der Waals surface area (Å²) >= 11 is 0. The Labute approximate surface area is 249 Å². The van der Waals surface area contributed by atoms with Gasteiger partial charge in [0.15, 0.2) is 5.82 Å². The molecule has 2 aliphatic heterocycles. The number of benzene rings is 2. The SMILES string of the molecule is C#Cc1c(F)ccc2cc(O)cc(-c3nc(N4CC[C@@H]4C)c4cnc(OC[C@]5(CN6CC[C@@H](F)C6)CC5(F)F)nc4c3F)c12. The lowest BCUT2D eigenvalue weighted by Gasteiger charge is -2.40. The summed E-state index contributed by atoms with van der Waals surface area (Å²) in [6, 6.07) is 5.03. The number of aromatic nitrogens is 3. The molecule has 0 radical (unpaired) electrons. The van der Waals surface area contributed by atoms with Crippen molar-refractivity contribution in [3.63, 3.8) is 0 Å². The largest absolute Gasteiger partial charge is 0.508 e. The lowest BCUT2D eigenvalue weighted by atomic mass is 9.95. The number of anilines is 1. The van der Waals surface area contributed by atoms with E-state index in [1.54, 1.807) is 4.90 Å². The monoisotopic (exact) mass is 609 g/mol. The first-order chi connectivity index (χ1) is 21.0. The molecule has 3 aliphatic rings. The minimum atomic E-state index is -3.00. The Morgan fingerprint density at radius 1 is 1.16 bits per heavy atom. The molecule has 2 aromatic carbocycles. The average Bonchev–Trinajstić information content (AvgIpc) is 3.27. The molecule has 7 nitrogen and oxygen atoms in total. The summed E-state index contributed by atoms with van der Waals surface area (Å²) in [6.07, 6.45) is 6.69. The molecular weight excluding hydrogens is 581 g/mol.